The molecule has 0 bridgehead atoms. The van der Waals surface area contributed by atoms with Gasteiger partial charge in [0.15, 0.2) is 0 Å². The summed E-state index contributed by atoms with van der Waals surface area (Å²) in [4.78, 5) is 3.00. The van der Waals surface area contributed by atoms with E-state index in [1.54, 1.807) is 19.1 Å². The molecule has 1 atom stereocenters. The molecule has 1 aromatic carbocycles. The molecule has 20 heavy (non-hydrogen) atoms. The van der Waals surface area contributed by atoms with E-state index in [1.807, 2.05) is 12.1 Å². The summed E-state index contributed by atoms with van der Waals surface area (Å²) in [5.74, 6) is 0. The third-order valence-electron chi connectivity index (χ3n) is 2.93. The zero-order valence-electron chi connectivity index (χ0n) is 11.1. The first-order valence-electron chi connectivity index (χ1n) is 5.96. The number of hydrogen-bond donors (Lipinski definition) is 3. The molecule has 0 aliphatic rings. The van der Waals surface area contributed by atoms with E-state index in [9.17, 15) is 13.5 Å². The Morgan fingerprint density at radius 3 is 2.75 bits per heavy atom. The van der Waals surface area contributed by atoms with Crippen LogP contribution in [0.25, 0.3) is 10.9 Å². The van der Waals surface area contributed by atoms with Crippen molar-refractivity contribution in [2.24, 2.45) is 0 Å². The number of aliphatic hydroxyl groups excluding tert-OH is 1. The molecule has 0 saturated heterocycles. The molecule has 0 radical (unpaired) electrons. The Bertz CT molecular complexity index is 787. The standard InChI is InChI=1S/C13H15N3O3S/c1-8-5-9-6-12(13(17)3-4-14)15-11(9)7-10(8)16-20(2,18)19/h5-7,13,15-17H,3H2,1-2H3. The van der Waals surface area contributed by atoms with Crippen LogP contribution in [0.3, 0.4) is 0 Å². The van der Waals surface area contributed by atoms with Crippen molar-refractivity contribution in [2.75, 3.05) is 11.0 Å². The van der Waals surface area contributed by atoms with Gasteiger partial charge in [-0.3, -0.25) is 4.72 Å². The maximum atomic E-state index is 11.3. The highest BCUT2D eigenvalue weighted by molar-refractivity contribution is 7.92. The second-order valence-electron chi connectivity index (χ2n) is 4.73. The summed E-state index contributed by atoms with van der Waals surface area (Å²) in [6.07, 6.45) is 0.215. The van der Waals surface area contributed by atoms with E-state index in [1.165, 1.54) is 0 Å². The van der Waals surface area contributed by atoms with Crippen molar-refractivity contribution < 1.29 is 13.5 Å². The normalized spacial score (nSPS) is 13.1. The fourth-order valence-corrected chi connectivity index (χ4v) is 2.62. The molecule has 7 heteroatoms. The number of fused-ring (bicyclic) bond motifs is 1. The first kappa shape index (κ1) is 14.4. The van der Waals surface area contributed by atoms with Crippen LogP contribution in [0.4, 0.5) is 5.69 Å². The second-order valence-corrected chi connectivity index (χ2v) is 6.48. The molecule has 106 valence electrons. The molecule has 2 rings (SSSR count). The van der Waals surface area contributed by atoms with Gasteiger partial charge in [-0.25, -0.2) is 8.42 Å². The summed E-state index contributed by atoms with van der Waals surface area (Å²) in [5.41, 5.74) is 2.51. The van der Waals surface area contributed by atoms with Gasteiger partial charge < -0.3 is 10.1 Å². The number of aromatic amines is 1. The molecule has 6 nitrogen and oxygen atoms in total. The quantitative estimate of drug-likeness (QED) is 0.799. The van der Waals surface area contributed by atoms with Crippen LogP contribution in [0.2, 0.25) is 0 Å². The highest BCUT2D eigenvalue weighted by atomic mass is 32.2. The third kappa shape index (κ3) is 3.10. The van der Waals surface area contributed by atoms with Crippen LogP contribution < -0.4 is 4.72 Å². The molecule has 0 aliphatic carbocycles. The average Bonchev–Trinajstić information content (AvgIpc) is 2.71. The van der Waals surface area contributed by atoms with Gasteiger partial charge in [-0.1, -0.05) is 0 Å². The number of nitrogens with one attached hydrogen (secondary N) is 2. The third-order valence-corrected chi connectivity index (χ3v) is 3.52. The number of anilines is 1. The van der Waals surface area contributed by atoms with E-state index in [2.05, 4.69) is 9.71 Å². The first-order chi connectivity index (χ1) is 9.30. The summed E-state index contributed by atoms with van der Waals surface area (Å²) < 4.78 is 25.0. The van der Waals surface area contributed by atoms with Gasteiger partial charge in [0.05, 0.1) is 24.4 Å². The van der Waals surface area contributed by atoms with Crippen molar-refractivity contribution in [3.63, 3.8) is 0 Å². The van der Waals surface area contributed by atoms with Crippen LogP contribution in [0, 0.1) is 18.3 Å². The summed E-state index contributed by atoms with van der Waals surface area (Å²) in [7, 11) is -3.34. The molecule has 0 spiro atoms. The SMILES string of the molecule is Cc1cc2cc(C(O)CC#N)[nH]c2cc1NS(C)(=O)=O. The monoisotopic (exact) mass is 293 g/mol. The van der Waals surface area contributed by atoms with Crippen molar-refractivity contribution in [3.05, 3.63) is 29.5 Å². The van der Waals surface area contributed by atoms with Gasteiger partial charge in [0.25, 0.3) is 0 Å². The van der Waals surface area contributed by atoms with Crippen LogP contribution in [0.5, 0.6) is 0 Å². The van der Waals surface area contributed by atoms with E-state index in [0.717, 1.165) is 17.2 Å². The largest absolute Gasteiger partial charge is 0.386 e. The van der Waals surface area contributed by atoms with Gasteiger partial charge in [0, 0.05) is 16.6 Å². The Kier molecular flexibility index (Phi) is 3.70. The second kappa shape index (κ2) is 5.15. The Labute approximate surface area is 117 Å². The number of aryl methyl sites for hydroxylation is 1. The Hall–Kier alpha value is -2.04. The zero-order valence-corrected chi connectivity index (χ0v) is 12.0. The molecular formula is C13H15N3O3S. The van der Waals surface area contributed by atoms with Crippen LogP contribution in [0.1, 0.15) is 23.8 Å². The molecule has 3 N–H and O–H groups in total. The van der Waals surface area contributed by atoms with Crippen molar-refractivity contribution in [1.82, 2.24) is 4.98 Å². The lowest BCUT2D eigenvalue weighted by Crippen LogP contribution is -2.10. The van der Waals surface area contributed by atoms with Crippen LogP contribution in [0.15, 0.2) is 18.2 Å². The first-order valence-corrected chi connectivity index (χ1v) is 7.85. The number of hydrogen-bond acceptors (Lipinski definition) is 4. The smallest absolute Gasteiger partial charge is 0.229 e. The molecule has 0 saturated carbocycles. The lowest BCUT2D eigenvalue weighted by atomic mass is 10.1. The van der Waals surface area contributed by atoms with Gasteiger partial charge in [0.2, 0.25) is 10.0 Å². The molecule has 2 aromatic rings. The fraction of sp³-hybridized carbons (Fsp3) is 0.308. The highest BCUT2D eigenvalue weighted by Gasteiger charge is 2.12. The molecule has 0 amide bonds. The van der Waals surface area contributed by atoms with E-state index in [-0.39, 0.29) is 6.42 Å². The van der Waals surface area contributed by atoms with Gasteiger partial charge in [-0.2, -0.15) is 5.26 Å². The van der Waals surface area contributed by atoms with Gasteiger partial charge in [0.1, 0.15) is 6.10 Å². The zero-order chi connectivity index (χ0) is 14.9. The summed E-state index contributed by atoms with van der Waals surface area (Å²) in [5, 5.41) is 19.2. The number of benzene rings is 1. The van der Waals surface area contributed by atoms with Gasteiger partial charge in [-0.05, 0) is 30.7 Å². The Balaban J connectivity index is 2.46. The number of nitriles is 1. The van der Waals surface area contributed by atoms with E-state index < -0.39 is 16.1 Å². The van der Waals surface area contributed by atoms with Crippen LogP contribution >= 0.6 is 0 Å². The number of rotatable bonds is 4. The molecule has 1 aromatic heterocycles. The summed E-state index contributed by atoms with van der Waals surface area (Å²) in [6, 6.07) is 7.16. The Morgan fingerprint density at radius 1 is 1.45 bits per heavy atom. The molecule has 0 fully saturated rings. The average molecular weight is 293 g/mol. The molecular weight excluding hydrogens is 278 g/mol. The molecule has 0 aliphatic heterocycles. The minimum atomic E-state index is -3.34. The summed E-state index contributed by atoms with van der Waals surface area (Å²) in [6.45, 7) is 1.80. The van der Waals surface area contributed by atoms with Gasteiger partial charge in [-0.15, -0.1) is 0 Å². The minimum Gasteiger partial charge on any atom is -0.386 e. The van der Waals surface area contributed by atoms with Crippen molar-refractivity contribution >= 4 is 26.6 Å². The molecule has 1 unspecified atom stereocenters. The van der Waals surface area contributed by atoms with Crippen LogP contribution in [-0.2, 0) is 10.0 Å². The Morgan fingerprint density at radius 2 is 2.15 bits per heavy atom. The summed E-state index contributed by atoms with van der Waals surface area (Å²) >= 11 is 0. The van der Waals surface area contributed by atoms with Crippen molar-refractivity contribution in [2.45, 2.75) is 19.4 Å². The predicted molar refractivity (Wildman–Crippen MR) is 76.7 cm³/mol. The number of H-pyrrole nitrogens is 1. The fourth-order valence-electron chi connectivity index (χ4n) is 2.00. The van der Waals surface area contributed by atoms with E-state index in [0.29, 0.717) is 16.9 Å². The number of sulfonamides is 1. The topological polar surface area (TPSA) is 106 Å². The minimum absolute atomic E-state index is 0.000248. The number of aromatic nitrogens is 1. The lowest BCUT2D eigenvalue weighted by molar-refractivity contribution is 0.179. The van der Waals surface area contributed by atoms with E-state index in [4.69, 9.17) is 5.26 Å². The van der Waals surface area contributed by atoms with Crippen LogP contribution in [-0.4, -0.2) is 24.8 Å². The molecule has 1 heterocycles. The lowest BCUT2D eigenvalue weighted by Gasteiger charge is -2.07. The van der Waals surface area contributed by atoms with Gasteiger partial charge >= 0.3 is 0 Å². The predicted octanol–water partition coefficient (Wildman–Crippen LogP) is 1.79. The highest BCUT2D eigenvalue weighted by Crippen LogP contribution is 2.27. The maximum Gasteiger partial charge on any atom is 0.229 e. The number of aliphatic hydroxyl groups is 1. The van der Waals surface area contributed by atoms with Crippen molar-refractivity contribution in [1.29, 1.82) is 5.26 Å². The van der Waals surface area contributed by atoms with Crippen molar-refractivity contribution in [3.8, 4) is 6.07 Å². The van der Waals surface area contributed by atoms with E-state index >= 15 is 0 Å². The maximum absolute atomic E-state index is 11.3. The number of nitrogens with zero attached hydrogens (tertiary/aromatic N) is 1.